The molecule has 0 radical (unpaired) electrons. The van der Waals surface area contributed by atoms with Gasteiger partial charge in [-0.2, -0.15) is 0 Å². The first-order valence-electron chi connectivity index (χ1n) is 9.43. The van der Waals surface area contributed by atoms with E-state index in [0.29, 0.717) is 0 Å². The van der Waals surface area contributed by atoms with Crippen molar-refractivity contribution in [3.05, 3.63) is 35.9 Å². The van der Waals surface area contributed by atoms with Crippen LogP contribution in [-0.4, -0.2) is 22.6 Å². The first-order chi connectivity index (χ1) is 11.4. The van der Waals surface area contributed by atoms with E-state index in [1.807, 2.05) is 37.3 Å². The average molecular weight is 395 g/mol. The summed E-state index contributed by atoms with van der Waals surface area (Å²) in [7, 11) is -4.44. The Morgan fingerprint density at radius 1 is 0.769 bits per heavy atom. The first-order valence-corrected chi connectivity index (χ1v) is 15.2. The Balaban J connectivity index is 3.37. The highest BCUT2D eigenvalue weighted by Gasteiger charge is 2.50. The van der Waals surface area contributed by atoms with Gasteiger partial charge in [-0.15, -0.1) is 0 Å². The lowest BCUT2D eigenvalue weighted by molar-refractivity contribution is -0.154. The van der Waals surface area contributed by atoms with Crippen LogP contribution in [0.5, 0.6) is 0 Å². The smallest absolute Gasteiger partial charge is 0.328 e. The molecule has 0 aliphatic carbocycles. The Hall–Kier alpha value is -0.916. The van der Waals surface area contributed by atoms with Gasteiger partial charge >= 0.3 is 5.97 Å². The fourth-order valence-corrected chi connectivity index (χ4v) is 4.61. The molecular formula is C21H38O3Si2. The van der Waals surface area contributed by atoms with Crippen LogP contribution in [-0.2, 0) is 19.2 Å². The third-order valence-electron chi connectivity index (χ3n) is 6.13. The van der Waals surface area contributed by atoms with Crippen LogP contribution in [0, 0.1) is 0 Å². The van der Waals surface area contributed by atoms with Crippen LogP contribution in [0.1, 0.15) is 54.0 Å². The van der Waals surface area contributed by atoms with E-state index in [4.69, 9.17) is 8.85 Å². The summed E-state index contributed by atoms with van der Waals surface area (Å²) in [6.45, 7) is 23.4. The quantitative estimate of drug-likeness (QED) is 0.537. The second-order valence-corrected chi connectivity index (χ2v) is 19.9. The van der Waals surface area contributed by atoms with Gasteiger partial charge in [0.1, 0.15) is 0 Å². The van der Waals surface area contributed by atoms with Gasteiger partial charge in [-0.3, -0.25) is 0 Å². The number of rotatable bonds is 5. The van der Waals surface area contributed by atoms with E-state index < -0.39 is 22.2 Å². The maximum absolute atomic E-state index is 13.4. The molecule has 5 heteroatoms. The second-order valence-electron chi connectivity index (χ2n) is 10.4. The minimum atomic E-state index is -2.25. The fourth-order valence-electron chi connectivity index (χ4n) is 2.12. The number of carbonyl (C=O) groups is 1. The van der Waals surface area contributed by atoms with E-state index in [9.17, 15) is 4.79 Å². The van der Waals surface area contributed by atoms with Crippen LogP contribution in [0.2, 0.25) is 36.3 Å². The predicted octanol–water partition coefficient (Wildman–Crippen LogP) is 6.47. The second kappa shape index (κ2) is 7.25. The maximum atomic E-state index is 13.4. The summed E-state index contributed by atoms with van der Waals surface area (Å²) < 4.78 is 12.9. The van der Waals surface area contributed by atoms with Gasteiger partial charge < -0.3 is 8.85 Å². The summed E-state index contributed by atoms with van der Waals surface area (Å²) in [6, 6.07) is 9.76. The van der Waals surface area contributed by atoms with Crippen LogP contribution in [0.25, 0.3) is 0 Å². The molecule has 0 amide bonds. The molecule has 148 valence electrons. The Morgan fingerprint density at radius 2 is 1.19 bits per heavy atom. The molecular weight excluding hydrogens is 356 g/mol. The van der Waals surface area contributed by atoms with Gasteiger partial charge in [0.2, 0.25) is 0 Å². The molecule has 1 aromatic rings. The summed E-state index contributed by atoms with van der Waals surface area (Å²) in [4.78, 5) is 13.4. The highest BCUT2D eigenvalue weighted by molar-refractivity contribution is 6.76. The van der Waals surface area contributed by atoms with E-state index in [1.165, 1.54) is 0 Å². The molecule has 0 N–H and O–H groups in total. The lowest BCUT2D eigenvalue weighted by atomic mass is 9.97. The van der Waals surface area contributed by atoms with Gasteiger partial charge in [0.15, 0.2) is 13.9 Å². The van der Waals surface area contributed by atoms with Gasteiger partial charge in [-0.1, -0.05) is 71.9 Å². The summed E-state index contributed by atoms with van der Waals surface area (Å²) in [5.41, 5.74) is -0.242. The summed E-state index contributed by atoms with van der Waals surface area (Å²) in [6.07, 6.45) is 0. The van der Waals surface area contributed by atoms with Crippen molar-refractivity contribution < 1.29 is 13.6 Å². The molecule has 3 nitrogen and oxygen atoms in total. The fraction of sp³-hybridized carbons (Fsp3) is 0.667. The lowest BCUT2D eigenvalue weighted by Gasteiger charge is -2.45. The largest absolute Gasteiger partial charge is 0.517 e. The molecule has 0 fully saturated rings. The van der Waals surface area contributed by atoms with E-state index in [-0.39, 0.29) is 16.0 Å². The van der Waals surface area contributed by atoms with Crippen LogP contribution in [0.15, 0.2) is 30.3 Å². The van der Waals surface area contributed by atoms with Gasteiger partial charge in [-0.05, 0) is 48.8 Å². The van der Waals surface area contributed by atoms with E-state index >= 15 is 0 Å². The normalized spacial score (nSPS) is 16.1. The summed E-state index contributed by atoms with van der Waals surface area (Å²) >= 11 is 0. The number of carbonyl (C=O) groups excluding carboxylic acids is 1. The molecule has 0 bridgehead atoms. The van der Waals surface area contributed by atoms with Gasteiger partial charge in [0.25, 0.3) is 8.32 Å². The van der Waals surface area contributed by atoms with E-state index in [2.05, 4.69) is 67.7 Å². The van der Waals surface area contributed by atoms with Crippen LogP contribution in [0.3, 0.4) is 0 Å². The molecule has 26 heavy (non-hydrogen) atoms. The Bertz CT molecular complexity index is 625. The third kappa shape index (κ3) is 4.87. The third-order valence-corrected chi connectivity index (χ3v) is 15.0. The Kier molecular flexibility index (Phi) is 6.44. The molecule has 0 aliphatic rings. The van der Waals surface area contributed by atoms with Gasteiger partial charge in [0.05, 0.1) is 0 Å². The number of hydrogen-bond acceptors (Lipinski definition) is 3. The SMILES string of the molecule is CC(O[Si](C)(C)C(C)(C)C)(C(=O)O[Si](C)(C)C(C)(C)C)c1ccccc1. The molecule has 1 aromatic carbocycles. The Labute approximate surface area is 162 Å². The highest BCUT2D eigenvalue weighted by Crippen LogP contribution is 2.44. The van der Waals surface area contributed by atoms with E-state index in [0.717, 1.165) is 5.56 Å². The van der Waals surface area contributed by atoms with Gasteiger partial charge in [-0.25, -0.2) is 4.79 Å². The van der Waals surface area contributed by atoms with Crippen molar-refractivity contribution in [2.75, 3.05) is 0 Å². The molecule has 1 atom stereocenters. The van der Waals surface area contributed by atoms with Crippen molar-refractivity contribution in [1.29, 1.82) is 0 Å². The highest BCUT2D eigenvalue weighted by atomic mass is 28.4. The molecule has 1 rings (SSSR count). The maximum Gasteiger partial charge on any atom is 0.328 e. The summed E-state index contributed by atoms with van der Waals surface area (Å²) in [5.74, 6) is -0.264. The van der Waals surface area contributed by atoms with Crippen molar-refractivity contribution in [2.45, 2.75) is 90.3 Å². The van der Waals surface area contributed by atoms with Crippen molar-refractivity contribution in [2.24, 2.45) is 0 Å². The minimum Gasteiger partial charge on any atom is -0.517 e. The molecule has 0 aliphatic heterocycles. The molecule has 0 saturated carbocycles. The van der Waals surface area contributed by atoms with Crippen LogP contribution in [0.4, 0.5) is 0 Å². The Morgan fingerprint density at radius 3 is 1.58 bits per heavy atom. The van der Waals surface area contributed by atoms with E-state index in [1.54, 1.807) is 0 Å². The predicted molar refractivity (Wildman–Crippen MR) is 115 cm³/mol. The molecule has 0 spiro atoms. The first kappa shape index (κ1) is 23.1. The summed E-state index contributed by atoms with van der Waals surface area (Å²) in [5, 5.41) is -0.0441. The monoisotopic (exact) mass is 394 g/mol. The molecule has 0 aromatic heterocycles. The zero-order chi connectivity index (χ0) is 20.6. The number of benzene rings is 1. The topological polar surface area (TPSA) is 35.5 Å². The molecule has 0 saturated heterocycles. The van der Waals surface area contributed by atoms with Crippen molar-refractivity contribution in [1.82, 2.24) is 0 Å². The van der Waals surface area contributed by atoms with Crippen molar-refractivity contribution >= 4 is 22.6 Å². The number of hydrogen-bond donors (Lipinski definition) is 0. The van der Waals surface area contributed by atoms with Crippen molar-refractivity contribution in [3.8, 4) is 0 Å². The molecule has 0 heterocycles. The zero-order valence-corrected chi connectivity index (χ0v) is 20.6. The van der Waals surface area contributed by atoms with Crippen LogP contribution >= 0.6 is 0 Å². The lowest BCUT2D eigenvalue weighted by Crippen LogP contribution is -2.54. The standard InChI is InChI=1S/C21H38O3Si2/c1-19(2,3)25(8,9)23-18(22)21(7,17-15-13-12-14-16-17)24-26(10,11)20(4,5)6/h12-16H,1-11H3. The van der Waals surface area contributed by atoms with Gasteiger partial charge in [0, 0.05) is 0 Å². The molecule has 1 unspecified atom stereocenters. The average Bonchev–Trinajstić information content (AvgIpc) is 2.44. The minimum absolute atomic E-state index is 0.000292. The zero-order valence-electron chi connectivity index (χ0n) is 18.6. The van der Waals surface area contributed by atoms with Crippen molar-refractivity contribution in [3.63, 3.8) is 0 Å². The van der Waals surface area contributed by atoms with Crippen LogP contribution < -0.4 is 0 Å².